The molecule has 20 heavy (non-hydrogen) atoms. The Bertz CT molecular complexity index is 560. The highest BCUT2D eigenvalue weighted by atomic mass is 15.3. The molecule has 0 bridgehead atoms. The van der Waals surface area contributed by atoms with Gasteiger partial charge in [-0.15, -0.1) is 0 Å². The van der Waals surface area contributed by atoms with Crippen LogP contribution in [0.25, 0.3) is 0 Å². The SMILES string of the molecule is CCN(CC)c1nc(N)nc(Cc2nccn2CC)n1. The highest BCUT2D eigenvalue weighted by molar-refractivity contribution is 5.34. The monoisotopic (exact) mass is 275 g/mol. The first-order valence-corrected chi connectivity index (χ1v) is 6.93. The lowest BCUT2D eigenvalue weighted by molar-refractivity contribution is 0.699. The van der Waals surface area contributed by atoms with E-state index in [2.05, 4.69) is 45.3 Å². The van der Waals surface area contributed by atoms with E-state index in [9.17, 15) is 0 Å². The minimum atomic E-state index is 0.256. The van der Waals surface area contributed by atoms with Crippen molar-refractivity contribution in [2.24, 2.45) is 0 Å². The fraction of sp³-hybridized carbons (Fsp3) is 0.538. The number of rotatable bonds is 6. The van der Waals surface area contributed by atoms with Crippen molar-refractivity contribution < 1.29 is 0 Å². The van der Waals surface area contributed by atoms with Gasteiger partial charge in [0, 0.05) is 32.0 Å². The largest absolute Gasteiger partial charge is 0.368 e. The second kappa shape index (κ2) is 6.31. The number of imidazole rings is 1. The summed E-state index contributed by atoms with van der Waals surface area (Å²) in [5.41, 5.74) is 5.79. The molecule has 0 spiro atoms. The topological polar surface area (TPSA) is 85.8 Å². The molecule has 2 heterocycles. The van der Waals surface area contributed by atoms with Gasteiger partial charge in [0.05, 0.1) is 6.42 Å². The first-order valence-electron chi connectivity index (χ1n) is 6.93. The van der Waals surface area contributed by atoms with Crippen LogP contribution in [0, 0.1) is 0 Å². The van der Waals surface area contributed by atoms with Gasteiger partial charge in [-0.1, -0.05) is 0 Å². The number of nitrogens with two attached hydrogens (primary N) is 1. The van der Waals surface area contributed by atoms with Crippen molar-refractivity contribution >= 4 is 11.9 Å². The van der Waals surface area contributed by atoms with Crippen LogP contribution in [0.5, 0.6) is 0 Å². The lowest BCUT2D eigenvalue weighted by atomic mass is 10.3. The maximum atomic E-state index is 5.79. The highest BCUT2D eigenvalue weighted by Gasteiger charge is 2.12. The summed E-state index contributed by atoms with van der Waals surface area (Å²) < 4.78 is 2.07. The Balaban J connectivity index is 2.28. The third-order valence-corrected chi connectivity index (χ3v) is 3.19. The van der Waals surface area contributed by atoms with Gasteiger partial charge < -0.3 is 15.2 Å². The van der Waals surface area contributed by atoms with Crippen LogP contribution in [-0.4, -0.2) is 37.6 Å². The Morgan fingerprint density at radius 1 is 1.15 bits per heavy atom. The summed E-state index contributed by atoms with van der Waals surface area (Å²) in [7, 11) is 0. The zero-order valence-corrected chi connectivity index (χ0v) is 12.2. The average Bonchev–Trinajstić information content (AvgIpc) is 2.86. The quantitative estimate of drug-likeness (QED) is 0.850. The number of anilines is 2. The Labute approximate surface area is 118 Å². The normalized spacial score (nSPS) is 10.8. The number of aryl methyl sites for hydroxylation is 1. The third kappa shape index (κ3) is 3.04. The lowest BCUT2D eigenvalue weighted by Crippen LogP contribution is -2.25. The molecule has 0 fully saturated rings. The second-order valence-electron chi connectivity index (χ2n) is 4.39. The van der Waals surface area contributed by atoms with Gasteiger partial charge in [0.2, 0.25) is 11.9 Å². The standard InChI is InChI=1S/C13H21N7/c1-4-19(5-2)13-17-10(16-12(14)18-13)9-11-15-7-8-20(11)6-3/h7-8H,4-6,9H2,1-3H3,(H2,14,16,17,18). The van der Waals surface area contributed by atoms with Crippen LogP contribution in [0.15, 0.2) is 12.4 Å². The van der Waals surface area contributed by atoms with E-state index >= 15 is 0 Å². The van der Waals surface area contributed by atoms with E-state index in [1.165, 1.54) is 0 Å². The van der Waals surface area contributed by atoms with Gasteiger partial charge in [0.25, 0.3) is 0 Å². The zero-order valence-electron chi connectivity index (χ0n) is 12.2. The molecule has 0 saturated carbocycles. The molecule has 2 aromatic heterocycles. The fourth-order valence-electron chi connectivity index (χ4n) is 2.09. The first-order chi connectivity index (χ1) is 9.67. The second-order valence-corrected chi connectivity index (χ2v) is 4.39. The van der Waals surface area contributed by atoms with E-state index in [1.807, 2.05) is 11.1 Å². The van der Waals surface area contributed by atoms with Crippen LogP contribution in [0.2, 0.25) is 0 Å². The molecule has 0 aliphatic heterocycles. The first kappa shape index (κ1) is 14.2. The molecule has 0 radical (unpaired) electrons. The predicted molar refractivity (Wildman–Crippen MR) is 78.5 cm³/mol. The summed E-state index contributed by atoms with van der Waals surface area (Å²) in [4.78, 5) is 19.3. The Morgan fingerprint density at radius 2 is 1.90 bits per heavy atom. The minimum Gasteiger partial charge on any atom is -0.368 e. The lowest BCUT2D eigenvalue weighted by Gasteiger charge is -2.18. The van der Waals surface area contributed by atoms with Gasteiger partial charge in [-0.2, -0.15) is 15.0 Å². The van der Waals surface area contributed by atoms with Crippen molar-refractivity contribution in [3.05, 3.63) is 24.0 Å². The molecule has 7 heteroatoms. The van der Waals surface area contributed by atoms with Gasteiger partial charge in [-0.3, -0.25) is 0 Å². The molecule has 0 aliphatic carbocycles. The molecule has 108 valence electrons. The van der Waals surface area contributed by atoms with Gasteiger partial charge >= 0.3 is 0 Å². The Hall–Kier alpha value is -2.18. The van der Waals surface area contributed by atoms with Crippen molar-refractivity contribution in [3.63, 3.8) is 0 Å². The van der Waals surface area contributed by atoms with Gasteiger partial charge in [0.1, 0.15) is 11.6 Å². The van der Waals surface area contributed by atoms with Crippen molar-refractivity contribution in [3.8, 4) is 0 Å². The molecule has 0 atom stereocenters. The van der Waals surface area contributed by atoms with Crippen molar-refractivity contribution in [1.29, 1.82) is 0 Å². The number of hydrogen-bond donors (Lipinski definition) is 1. The van der Waals surface area contributed by atoms with E-state index in [0.29, 0.717) is 18.2 Å². The summed E-state index contributed by atoms with van der Waals surface area (Å²) in [5.74, 6) is 2.47. The van der Waals surface area contributed by atoms with E-state index in [0.717, 1.165) is 25.5 Å². The fourth-order valence-corrected chi connectivity index (χ4v) is 2.09. The zero-order chi connectivity index (χ0) is 14.5. The number of nitrogens with zero attached hydrogens (tertiary/aromatic N) is 6. The van der Waals surface area contributed by atoms with E-state index in [-0.39, 0.29) is 5.95 Å². The minimum absolute atomic E-state index is 0.256. The van der Waals surface area contributed by atoms with Gasteiger partial charge in [-0.05, 0) is 20.8 Å². The maximum absolute atomic E-state index is 5.79. The summed E-state index contributed by atoms with van der Waals surface area (Å²) in [5, 5.41) is 0. The summed E-state index contributed by atoms with van der Waals surface area (Å²) in [6, 6.07) is 0. The van der Waals surface area contributed by atoms with Crippen LogP contribution < -0.4 is 10.6 Å². The summed E-state index contributed by atoms with van der Waals surface area (Å²) >= 11 is 0. The van der Waals surface area contributed by atoms with Crippen molar-refractivity contribution in [2.45, 2.75) is 33.7 Å². The molecule has 2 rings (SSSR count). The highest BCUT2D eigenvalue weighted by Crippen LogP contribution is 2.11. The molecule has 2 N–H and O–H groups in total. The van der Waals surface area contributed by atoms with Gasteiger partial charge in [0.15, 0.2) is 0 Å². The molecule has 0 saturated heterocycles. The number of hydrogen-bond acceptors (Lipinski definition) is 6. The molecule has 0 unspecified atom stereocenters. The van der Waals surface area contributed by atoms with E-state index in [4.69, 9.17) is 5.73 Å². The molecular formula is C13H21N7. The molecule has 0 aliphatic rings. The van der Waals surface area contributed by atoms with Gasteiger partial charge in [-0.25, -0.2) is 4.98 Å². The van der Waals surface area contributed by atoms with Crippen LogP contribution >= 0.6 is 0 Å². The number of nitrogen functional groups attached to an aromatic ring is 1. The van der Waals surface area contributed by atoms with Crippen molar-refractivity contribution in [2.75, 3.05) is 23.7 Å². The Kier molecular flexibility index (Phi) is 4.49. The summed E-state index contributed by atoms with van der Waals surface area (Å²) in [6.07, 6.45) is 4.29. The van der Waals surface area contributed by atoms with Crippen LogP contribution in [0.4, 0.5) is 11.9 Å². The Morgan fingerprint density at radius 3 is 2.55 bits per heavy atom. The van der Waals surface area contributed by atoms with E-state index < -0.39 is 0 Å². The molecule has 2 aromatic rings. The van der Waals surface area contributed by atoms with Crippen molar-refractivity contribution in [1.82, 2.24) is 24.5 Å². The maximum Gasteiger partial charge on any atom is 0.230 e. The number of aromatic nitrogens is 5. The average molecular weight is 275 g/mol. The third-order valence-electron chi connectivity index (χ3n) is 3.19. The predicted octanol–water partition coefficient (Wildman–Crippen LogP) is 1.11. The molecule has 0 amide bonds. The summed E-state index contributed by atoms with van der Waals surface area (Å²) in [6.45, 7) is 8.75. The van der Waals surface area contributed by atoms with Crippen LogP contribution in [0.3, 0.4) is 0 Å². The molecule has 7 nitrogen and oxygen atoms in total. The molecule has 0 aromatic carbocycles. The van der Waals surface area contributed by atoms with Crippen LogP contribution in [0.1, 0.15) is 32.4 Å². The molecular weight excluding hydrogens is 254 g/mol. The van der Waals surface area contributed by atoms with Crippen LogP contribution in [-0.2, 0) is 13.0 Å². The smallest absolute Gasteiger partial charge is 0.230 e. The van der Waals surface area contributed by atoms with E-state index in [1.54, 1.807) is 6.20 Å².